The zero-order valence-corrected chi connectivity index (χ0v) is 53.5. The maximum Gasteiger partial charge on any atom is 0.143 e. The number of ether oxygens (including phenoxy) is 2. The Morgan fingerprint density at radius 2 is 1.08 bits per heavy atom. The zero-order chi connectivity index (χ0) is 54.5. The van der Waals surface area contributed by atoms with Crippen molar-refractivity contribution in [2.45, 2.75) is 74.9 Å². The number of aromatic amines is 2. The van der Waals surface area contributed by atoms with E-state index in [0.717, 1.165) is 131 Å². The summed E-state index contributed by atoms with van der Waals surface area (Å²) in [6.45, 7) is 17.1. The van der Waals surface area contributed by atoms with Crippen molar-refractivity contribution < 1.29 is 18.5 Å². The number of rotatable bonds is 8. The van der Waals surface area contributed by atoms with Crippen LogP contribution >= 0.6 is 11.6 Å². The van der Waals surface area contributed by atoms with Gasteiger partial charge in [-0.25, -0.2) is 19.9 Å². The van der Waals surface area contributed by atoms with Gasteiger partial charge < -0.3 is 34.2 Å². The molecule has 0 saturated heterocycles. The van der Waals surface area contributed by atoms with Gasteiger partial charge in [-0.1, -0.05) is 21.9 Å². The van der Waals surface area contributed by atoms with E-state index in [1.807, 2.05) is 77.5 Å². The van der Waals surface area contributed by atoms with Crippen molar-refractivity contribution in [3.8, 4) is 33.8 Å². The fourth-order valence-electron chi connectivity index (χ4n) is 8.17. The largest absolute Gasteiger partial charge is 0.496 e. The second-order valence-electron chi connectivity index (χ2n) is 15.7. The topological polar surface area (TPSA) is 215 Å². The number of nitrogens with one attached hydrogen (secondary N) is 2. The molecule has 0 amide bonds. The van der Waals surface area contributed by atoms with Crippen LogP contribution in [-0.2, 0) is 140 Å². The van der Waals surface area contributed by atoms with Crippen LogP contribution in [0.4, 0.5) is 5.82 Å². The van der Waals surface area contributed by atoms with Crippen LogP contribution in [0, 0.1) is 41.5 Å². The van der Waals surface area contributed by atoms with Crippen LogP contribution in [0.1, 0.15) is 59.8 Å². The summed E-state index contributed by atoms with van der Waals surface area (Å²) in [7, 11) is 21.4. The van der Waals surface area contributed by atoms with Crippen molar-refractivity contribution in [1.82, 2.24) is 59.8 Å². The Morgan fingerprint density at radius 3 is 1.51 bits per heavy atom. The van der Waals surface area contributed by atoms with Gasteiger partial charge in [-0.3, -0.25) is 9.36 Å². The van der Waals surface area contributed by atoms with E-state index in [9.17, 15) is 0 Å². The molecule has 10 rings (SSSR count). The molecule has 2 aromatic carbocycles. The maximum absolute atomic E-state index is 6.33. The molecule has 8 heterocycles. The summed E-state index contributed by atoms with van der Waals surface area (Å²) in [6, 6.07) is 11.9. The van der Waals surface area contributed by atoms with Gasteiger partial charge in [0, 0.05) is 190 Å². The fourth-order valence-corrected chi connectivity index (χ4v) is 33.2. The van der Waals surface area contributed by atoms with Gasteiger partial charge in [-0.15, -0.1) is 0 Å². The summed E-state index contributed by atoms with van der Waals surface area (Å²) in [5, 5.41) is 20.6. The average Bonchev–Trinajstić information content (AvgIpc) is 4.28. The summed E-state index contributed by atoms with van der Waals surface area (Å²) >= 11 is 15.7. The number of hydrogen-bond acceptors (Lipinski definition) is 15. The first-order valence-corrected chi connectivity index (χ1v) is 38.8. The number of nitrogens with two attached hydrogens (primary N) is 1. The van der Waals surface area contributed by atoms with E-state index in [2.05, 4.69) is 64.5 Å². The molecule has 31 heteroatoms. The van der Waals surface area contributed by atoms with Gasteiger partial charge in [-0.05, 0) is 91.8 Å². The van der Waals surface area contributed by atoms with Crippen molar-refractivity contribution in [2.75, 3.05) is 20.0 Å². The lowest BCUT2D eigenvalue weighted by Crippen LogP contribution is -2.05. The molecule has 0 bridgehead atoms. The molecule has 0 saturated carbocycles. The molecule has 0 radical (unpaired) electrons. The van der Waals surface area contributed by atoms with Gasteiger partial charge in [0.1, 0.15) is 56.9 Å². The minimum absolute atomic E-state index is 0.427. The van der Waals surface area contributed by atoms with Crippen molar-refractivity contribution in [1.29, 1.82) is 0 Å². The average molecular weight is 1290 g/mol. The highest BCUT2D eigenvalue weighted by atomic mass is 35.5. The third-order valence-corrected chi connectivity index (χ3v) is 33.7. The molecule has 17 nitrogen and oxygen atoms in total. The molecule has 4 N–H and O–H groups in total. The van der Waals surface area contributed by atoms with E-state index in [4.69, 9.17) is 63.2 Å². The van der Waals surface area contributed by atoms with E-state index in [-0.39, 0.29) is 0 Å². The number of methoxy groups -OCH3 is 2. The fraction of sp³-hybridized carbons (Fsp3) is 0.289. The summed E-state index contributed by atoms with van der Waals surface area (Å²) in [6.07, 6.45) is 4.20. The molecule has 0 unspecified atom stereocenters. The summed E-state index contributed by atoms with van der Waals surface area (Å²) < 4.78 is 25.8. The molecule has 402 valence electrons. The van der Waals surface area contributed by atoms with Gasteiger partial charge >= 0.3 is 0 Å². The number of nitrogens with zero attached hydrogens (tertiary/aromatic N) is 10. The lowest BCUT2D eigenvalue weighted by Gasteiger charge is -2.10. The molecule has 8 aromatic heterocycles. The SMILES string of the molecule is CCn1nccc1Cc1nc(C)nc2[nH]c3cc(-c4c(C)noc4C)c(OC)cc3c12.CCn1nccc1N.COc1cc2c(cc1-c1c(C)noc1C)[nH]c1nc(C)nc(Cl)c12.S=S=S=S=S=S=S=S=S=S=S=S=S. The molecule has 0 spiro atoms. The Kier molecular flexibility index (Phi) is 22.2. The minimum atomic E-state index is 0.427. The number of nitrogen functional groups attached to an aromatic ring is 1. The number of fused-ring (bicyclic) bond motifs is 6. The van der Waals surface area contributed by atoms with Crippen molar-refractivity contribution in [2.24, 2.45) is 0 Å². The van der Waals surface area contributed by atoms with Gasteiger partial charge in [0.2, 0.25) is 0 Å². The number of anilines is 1. The summed E-state index contributed by atoms with van der Waals surface area (Å²) in [5.41, 5.74) is 16.3. The third kappa shape index (κ3) is 14.2. The minimum Gasteiger partial charge on any atom is -0.496 e. The Balaban J connectivity index is 0.000000165. The highest BCUT2D eigenvalue weighted by Crippen LogP contribution is 2.42. The highest BCUT2D eigenvalue weighted by molar-refractivity contribution is 8.75. The summed E-state index contributed by atoms with van der Waals surface area (Å²) in [5.74, 6) is 5.06. The molecule has 0 aliphatic carbocycles. The number of halogens is 1. The maximum atomic E-state index is 6.33. The van der Waals surface area contributed by atoms with Gasteiger partial charge in [0.05, 0.1) is 54.0 Å². The Hall–Kier alpha value is -4.41. The number of aryl methyl sites for hydroxylation is 8. The van der Waals surface area contributed by atoms with Crippen LogP contribution < -0.4 is 15.2 Å². The lowest BCUT2D eigenvalue weighted by atomic mass is 10.00. The standard InChI is InChI=1S/C23H24N6O2.C17H15ClN4O2.C5H9N3.S13/c1-6-29-15(7-8-24-29)9-19-22-16-11-20(30-5)17(21-12(2)28-31-13(21)3)10-18(16)27-23(22)26-14(4)25-19;1-7-14(8(2)24-22-7)11-5-12-10(6-13(11)23-4)15-16(18)19-9(3)20-17(15)21-12;1-2-8-5(6)3-4-7-8;1-3-5-7-9-11-13-12-10-8-6-4-2/h7-8,10-11H,6,9H2,1-5H3,(H,25,26,27);5-6H,1-4H3,(H,19,20,21);3-4H,2,6H2,1H3;. The summed E-state index contributed by atoms with van der Waals surface area (Å²) in [4.78, 5) is 24.9. The first-order valence-electron chi connectivity index (χ1n) is 22.4. The first-order chi connectivity index (χ1) is 36.7. The Morgan fingerprint density at radius 1 is 0.618 bits per heavy atom. The monoisotopic (exact) mass is 1290 g/mol. The van der Waals surface area contributed by atoms with Crippen LogP contribution in [0.2, 0.25) is 5.15 Å². The number of hydrogen-bond donors (Lipinski definition) is 3. The van der Waals surface area contributed by atoms with Crippen LogP contribution in [0.5, 0.6) is 11.5 Å². The predicted octanol–water partition coefficient (Wildman–Crippen LogP) is 9.31. The third-order valence-electron chi connectivity index (χ3n) is 11.2. The first kappa shape index (κ1) is 59.3. The van der Waals surface area contributed by atoms with E-state index in [1.54, 1.807) is 111 Å². The molecule has 76 heavy (non-hydrogen) atoms. The van der Waals surface area contributed by atoms with Gasteiger partial charge in [-0.2, -0.15) is 10.2 Å². The molecule has 10 aromatic rings. The molecule has 0 aliphatic heterocycles. The molecular formula is C45H48ClN13O4S13. The predicted molar refractivity (Wildman–Crippen MR) is 339 cm³/mol. The van der Waals surface area contributed by atoms with Gasteiger partial charge in [0.15, 0.2) is 0 Å². The van der Waals surface area contributed by atoms with Gasteiger partial charge in [0.25, 0.3) is 0 Å². The second-order valence-corrected chi connectivity index (χ2v) is 35.5. The number of aromatic nitrogens is 12. The van der Waals surface area contributed by atoms with Crippen molar-refractivity contribution >= 4 is 181 Å². The van der Waals surface area contributed by atoms with E-state index in [1.165, 1.54) is 17.8 Å². The van der Waals surface area contributed by atoms with Crippen LogP contribution in [0.25, 0.3) is 66.1 Å². The Labute approximate surface area is 483 Å². The van der Waals surface area contributed by atoms with E-state index >= 15 is 0 Å². The van der Waals surface area contributed by atoms with Crippen LogP contribution in [0.15, 0.2) is 57.8 Å². The van der Waals surface area contributed by atoms with E-state index in [0.29, 0.717) is 23.0 Å². The normalized spacial score (nSPS) is 10.6. The molecular weight excluding hydrogens is 1240 g/mol. The van der Waals surface area contributed by atoms with Crippen LogP contribution in [0.3, 0.4) is 0 Å². The van der Waals surface area contributed by atoms with Crippen molar-refractivity contribution in [3.05, 3.63) is 99.9 Å². The number of benzene rings is 2. The van der Waals surface area contributed by atoms with Crippen LogP contribution in [-0.4, -0.2) is 74.0 Å². The van der Waals surface area contributed by atoms with Crippen molar-refractivity contribution in [3.63, 3.8) is 0 Å². The molecule has 0 fully saturated rings. The number of H-pyrrole nitrogens is 2. The smallest absolute Gasteiger partial charge is 0.143 e. The second kappa shape index (κ2) is 28.5. The zero-order valence-electron chi connectivity index (χ0n) is 42.1. The highest BCUT2D eigenvalue weighted by Gasteiger charge is 2.22. The quantitative estimate of drug-likeness (QED) is 0.121. The molecule has 0 aliphatic rings. The molecule has 0 atom stereocenters. The lowest BCUT2D eigenvalue weighted by molar-refractivity contribution is 0.393. The Bertz CT molecular complexity index is 4200. The van der Waals surface area contributed by atoms with E-state index < -0.39 is 0 Å².